The highest BCUT2D eigenvalue weighted by Crippen LogP contribution is 2.34. The molecule has 4 rings (SSSR count). The Bertz CT molecular complexity index is 1080. The Kier molecular flexibility index (Phi) is 6.15. The van der Waals surface area contributed by atoms with Crippen LogP contribution in [0, 0.1) is 13.8 Å². The summed E-state index contributed by atoms with van der Waals surface area (Å²) in [5, 5.41) is 0. The highest BCUT2D eigenvalue weighted by Gasteiger charge is 2.11. The van der Waals surface area contributed by atoms with E-state index in [4.69, 9.17) is 0 Å². The lowest BCUT2D eigenvalue weighted by atomic mass is 10.1. The zero-order valence-corrected chi connectivity index (χ0v) is 18.8. The van der Waals surface area contributed by atoms with Gasteiger partial charge in [-0.2, -0.15) is 0 Å². The molecule has 4 aromatic rings. The van der Waals surface area contributed by atoms with Crippen LogP contribution in [0.1, 0.15) is 22.3 Å². The summed E-state index contributed by atoms with van der Waals surface area (Å²) in [5.74, 6) is 0. The van der Waals surface area contributed by atoms with Crippen LogP contribution in [-0.4, -0.2) is 0 Å². The quantitative estimate of drug-likeness (QED) is 0.273. The van der Waals surface area contributed by atoms with Crippen molar-refractivity contribution in [2.75, 3.05) is 4.90 Å². The van der Waals surface area contributed by atoms with E-state index in [0.717, 1.165) is 21.5 Å². The van der Waals surface area contributed by atoms with Gasteiger partial charge in [-0.3, -0.25) is 0 Å². The summed E-state index contributed by atoms with van der Waals surface area (Å²) in [6, 6.07) is 34.4. The van der Waals surface area contributed by atoms with Gasteiger partial charge in [0.15, 0.2) is 0 Å². The summed E-state index contributed by atoms with van der Waals surface area (Å²) in [4.78, 5) is 2.29. The molecule has 0 atom stereocenters. The number of hydrogen-bond donors (Lipinski definition) is 0. The van der Waals surface area contributed by atoms with E-state index in [0.29, 0.717) is 0 Å². The molecule has 2 heteroatoms. The average Bonchev–Trinajstić information content (AvgIpc) is 2.77. The van der Waals surface area contributed by atoms with Crippen molar-refractivity contribution in [1.29, 1.82) is 0 Å². The number of nitrogens with zero attached hydrogens (tertiary/aromatic N) is 1. The van der Waals surface area contributed by atoms with Crippen LogP contribution >= 0.6 is 15.9 Å². The molecule has 0 N–H and O–H groups in total. The Labute approximate surface area is 187 Å². The molecule has 1 nitrogen and oxygen atoms in total. The van der Waals surface area contributed by atoms with Crippen LogP contribution in [0.5, 0.6) is 0 Å². The van der Waals surface area contributed by atoms with Crippen molar-refractivity contribution in [3.05, 3.63) is 124 Å². The first-order valence-electron chi connectivity index (χ1n) is 10.1. The molecule has 0 heterocycles. The minimum Gasteiger partial charge on any atom is -0.311 e. The summed E-state index contributed by atoms with van der Waals surface area (Å²) in [6.45, 7) is 4.24. The second kappa shape index (κ2) is 9.15. The Morgan fingerprint density at radius 2 is 0.833 bits per heavy atom. The second-order valence-electron chi connectivity index (χ2n) is 7.48. The van der Waals surface area contributed by atoms with Gasteiger partial charge in [-0.25, -0.2) is 0 Å². The van der Waals surface area contributed by atoms with Gasteiger partial charge in [0.25, 0.3) is 0 Å². The van der Waals surface area contributed by atoms with Crippen LogP contribution in [0.4, 0.5) is 17.1 Å². The predicted molar refractivity (Wildman–Crippen MR) is 134 cm³/mol. The van der Waals surface area contributed by atoms with Gasteiger partial charge in [0.1, 0.15) is 0 Å². The molecule has 148 valence electrons. The van der Waals surface area contributed by atoms with Gasteiger partial charge < -0.3 is 4.90 Å². The van der Waals surface area contributed by atoms with Crippen molar-refractivity contribution in [2.24, 2.45) is 0 Å². The van der Waals surface area contributed by atoms with E-state index in [-0.39, 0.29) is 0 Å². The molecule has 0 aromatic heterocycles. The largest absolute Gasteiger partial charge is 0.311 e. The molecule has 0 aliphatic rings. The minimum atomic E-state index is 1.09. The van der Waals surface area contributed by atoms with E-state index in [1.54, 1.807) is 0 Å². The van der Waals surface area contributed by atoms with E-state index in [1.165, 1.54) is 22.3 Å². The summed E-state index contributed by atoms with van der Waals surface area (Å²) in [6.07, 6.45) is 4.29. The Morgan fingerprint density at radius 3 is 1.23 bits per heavy atom. The van der Waals surface area contributed by atoms with Gasteiger partial charge in [0, 0.05) is 21.5 Å². The first-order valence-corrected chi connectivity index (χ1v) is 10.8. The zero-order valence-electron chi connectivity index (χ0n) is 17.2. The van der Waals surface area contributed by atoms with Crippen LogP contribution in [0.2, 0.25) is 0 Å². The molecule has 0 aliphatic carbocycles. The third-order valence-corrected chi connectivity index (χ3v) is 5.60. The van der Waals surface area contributed by atoms with E-state index >= 15 is 0 Å². The number of benzene rings is 4. The fourth-order valence-corrected chi connectivity index (χ4v) is 3.60. The smallest absolute Gasteiger partial charge is 0.0462 e. The van der Waals surface area contributed by atoms with Crippen molar-refractivity contribution >= 4 is 45.1 Å². The molecular formula is C28H24BrN. The normalized spacial score (nSPS) is 11.0. The fraction of sp³-hybridized carbons (Fsp3) is 0.0714. The molecule has 0 saturated carbocycles. The topological polar surface area (TPSA) is 3.24 Å². The standard InChI is InChI=1S/C28H24BrN/c1-21-3-15-26(16-4-21)30(27-17-5-22(2)6-18-27)28-19-11-24(12-20-28)8-7-23-9-13-25(29)14-10-23/h3-20H,1-2H3/b8-7+. The minimum absolute atomic E-state index is 1.09. The van der Waals surface area contributed by atoms with Crippen LogP contribution < -0.4 is 4.90 Å². The van der Waals surface area contributed by atoms with Crippen LogP contribution in [0.15, 0.2) is 102 Å². The summed E-state index contributed by atoms with van der Waals surface area (Å²) in [7, 11) is 0. The fourth-order valence-electron chi connectivity index (χ4n) is 3.34. The highest BCUT2D eigenvalue weighted by molar-refractivity contribution is 9.10. The molecule has 4 aromatic carbocycles. The lowest BCUT2D eigenvalue weighted by Gasteiger charge is -2.25. The van der Waals surface area contributed by atoms with Crippen molar-refractivity contribution < 1.29 is 0 Å². The maximum Gasteiger partial charge on any atom is 0.0462 e. The molecule has 0 saturated heterocycles. The molecule has 30 heavy (non-hydrogen) atoms. The monoisotopic (exact) mass is 453 g/mol. The Balaban J connectivity index is 1.64. The SMILES string of the molecule is Cc1ccc(N(c2ccc(C)cc2)c2ccc(/C=C/c3ccc(Br)cc3)cc2)cc1. The molecule has 0 fully saturated rings. The molecule has 0 aliphatic heterocycles. The van der Waals surface area contributed by atoms with E-state index in [9.17, 15) is 0 Å². The third-order valence-electron chi connectivity index (χ3n) is 5.07. The van der Waals surface area contributed by atoms with Gasteiger partial charge in [0.2, 0.25) is 0 Å². The van der Waals surface area contributed by atoms with E-state index in [2.05, 4.69) is 144 Å². The number of halogens is 1. The first kappa shape index (κ1) is 20.2. The molecule has 0 unspecified atom stereocenters. The predicted octanol–water partition coefficient (Wildman–Crippen LogP) is 8.71. The molecule has 0 bridgehead atoms. The zero-order chi connectivity index (χ0) is 20.9. The number of anilines is 3. The summed E-state index contributed by atoms with van der Waals surface area (Å²) >= 11 is 3.48. The summed E-state index contributed by atoms with van der Waals surface area (Å²) in [5.41, 5.74) is 8.33. The van der Waals surface area contributed by atoms with Crippen molar-refractivity contribution in [3.8, 4) is 0 Å². The third kappa shape index (κ3) is 4.90. The molecule has 0 amide bonds. The number of hydrogen-bond acceptors (Lipinski definition) is 1. The van der Waals surface area contributed by atoms with E-state index < -0.39 is 0 Å². The van der Waals surface area contributed by atoms with Crippen molar-refractivity contribution in [1.82, 2.24) is 0 Å². The first-order chi connectivity index (χ1) is 14.6. The Hall–Kier alpha value is -3.10. The van der Waals surface area contributed by atoms with Gasteiger partial charge in [-0.05, 0) is 73.5 Å². The lowest BCUT2D eigenvalue weighted by Crippen LogP contribution is -2.09. The average molecular weight is 454 g/mol. The number of aryl methyl sites for hydroxylation is 2. The van der Waals surface area contributed by atoms with Crippen LogP contribution in [-0.2, 0) is 0 Å². The van der Waals surface area contributed by atoms with Crippen molar-refractivity contribution in [3.63, 3.8) is 0 Å². The maximum atomic E-state index is 3.48. The maximum absolute atomic E-state index is 3.48. The van der Waals surface area contributed by atoms with Gasteiger partial charge >= 0.3 is 0 Å². The Morgan fingerprint density at radius 1 is 0.500 bits per heavy atom. The van der Waals surface area contributed by atoms with Gasteiger partial charge in [0.05, 0.1) is 0 Å². The molecular weight excluding hydrogens is 430 g/mol. The highest BCUT2D eigenvalue weighted by atomic mass is 79.9. The number of rotatable bonds is 5. The lowest BCUT2D eigenvalue weighted by molar-refractivity contribution is 1.27. The molecule has 0 spiro atoms. The van der Waals surface area contributed by atoms with Crippen LogP contribution in [0.3, 0.4) is 0 Å². The molecule has 0 radical (unpaired) electrons. The summed E-state index contributed by atoms with van der Waals surface area (Å²) < 4.78 is 1.09. The second-order valence-corrected chi connectivity index (χ2v) is 8.40. The van der Waals surface area contributed by atoms with E-state index in [1.807, 2.05) is 0 Å². The van der Waals surface area contributed by atoms with Gasteiger partial charge in [-0.15, -0.1) is 0 Å². The van der Waals surface area contributed by atoms with Crippen molar-refractivity contribution in [2.45, 2.75) is 13.8 Å². The van der Waals surface area contributed by atoms with Gasteiger partial charge in [-0.1, -0.05) is 87.7 Å². The van der Waals surface area contributed by atoms with Crippen LogP contribution in [0.25, 0.3) is 12.2 Å².